The summed E-state index contributed by atoms with van der Waals surface area (Å²) in [6.45, 7) is 0.193. The van der Waals surface area contributed by atoms with Crippen LogP contribution in [0, 0.1) is 0 Å². The second-order valence-corrected chi connectivity index (χ2v) is 6.81. The van der Waals surface area contributed by atoms with Crippen molar-refractivity contribution in [3.05, 3.63) is 51.7 Å². The number of rotatable bonds is 3. The Morgan fingerprint density at radius 3 is 2.64 bits per heavy atom. The predicted octanol–water partition coefficient (Wildman–Crippen LogP) is 3.57. The first kappa shape index (κ1) is 16.1. The summed E-state index contributed by atoms with van der Waals surface area (Å²) in [5.74, 6) is 1.32. The van der Waals surface area contributed by atoms with E-state index in [1.54, 1.807) is 25.3 Å². The van der Waals surface area contributed by atoms with E-state index in [1.165, 1.54) is 18.4 Å². The molecule has 4 nitrogen and oxygen atoms in total. The molecule has 0 bridgehead atoms. The first-order valence-corrected chi connectivity index (χ1v) is 8.76. The smallest absolute Gasteiger partial charge is 0.599 e. The molecule has 0 fully saturated rings. The van der Waals surface area contributed by atoms with Gasteiger partial charge in [0, 0.05) is 18.1 Å². The standard InChI is InChI=1S/C17H16BF2NO3S/c1-22-14-8-11-5-6-21-13(12(11)9-15(14)23-2)10-16(24-18(21,19)20)17-4-3-7-25-17/h3-4,7-10H,5-6H2,1-2H3. The quantitative estimate of drug-likeness (QED) is 0.782. The Morgan fingerprint density at radius 1 is 1.20 bits per heavy atom. The normalized spacial score (nSPS) is 18.0. The SMILES string of the molecule is COc1cc2c(cc1OC)C1=[N+](CC2)[B-](F)(F)OC(c2cccs2)=C1. The first-order chi connectivity index (χ1) is 12.0. The van der Waals surface area contributed by atoms with Crippen molar-refractivity contribution in [3.8, 4) is 11.5 Å². The van der Waals surface area contributed by atoms with Crippen LogP contribution in [-0.4, -0.2) is 38.0 Å². The molecule has 2 aliphatic heterocycles. The highest BCUT2D eigenvalue weighted by atomic mass is 32.1. The molecule has 0 atom stereocenters. The van der Waals surface area contributed by atoms with Gasteiger partial charge in [-0.1, -0.05) is 6.07 Å². The van der Waals surface area contributed by atoms with Crippen LogP contribution in [-0.2, 0) is 11.1 Å². The molecule has 1 aromatic heterocycles. The fraction of sp³-hybridized carbons (Fsp3) is 0.235. The lowest BCUT2D eigenvalue weighted by atomic mass is 9.88. The van der Waals surface area contributed by atoms with Crippen molar-refractivity contribution in [3.63, 3.8) is 0 Å². The first-order valence-electron chi connectivity index (χ1n) is 7.88. The largest absolute Gasteiger partial charge is 0.828 e. The Balaban J connectivity index is 1.91. The van der Waals surface area contributed by atoms with Gasteiger partial charge in [-0.3, -0.25) is 0 Å². The Hall–Kier alpha value is -2.35. The van der Waals surface area contributed by atoms with E-state index in [4.69, 9.17) is 14.1 Å². The zero-order chi connectivity index (χ0) is 17.6. The number of allylic oxidation sites excluding steroid dienone is 1. The lowest BCUT2D eigenvalue weighted by Crippen LogP contribution is -2.50. The van der Waals surface area contributed by atoms with Gasteiger partial charge < -0.3 is 27.2 Å². The van der Waals surface area contributed by atoms with Crippen LogP contribution in [0.2, 0.25) is 0 Å². The minimum Gasteiger partial charge on any atom is -0.599 e. The molecular formula is C17H16BF2NO3S. The zero-order valence-corrected chi connectivity index (χ0v) is 14.6. The third-order valence-electron chi connectivity index (χ3n) is 4.48. The van der Waals surface area contributed by atoms with E-state index in [2.05, 4.69) is 0 Å². The molecule has 0 spiro atoms. The zero-order valence-electron chi connectivity index (χ0n) is 13.8. The molecule has 2 aromatic rings. The number of ether oxygens (including phenoxy) is 2. The Kier molecular flexibility index (Phi) is 3.79. The summed E-state index contributed by atoms with van der Waals surface area (Å²) in [5.41, 5.74) is 2.14. The molecule has 3 heterocycles. The summed E-state index contributed by atoms with van der Waals surface area (Å²) in [6.07, 6.45) is 2.18. The van der Waals surface area contributed by atoms with E-state index in [1.807, 2.05) is 17.5 Å². The fourth-order valence-corrected chi connectivity index (χ4v) is 3.96. The average molecular weight is 363 g/mol. The van der Waals surface area contributed by atoms with Gasteiger partial charge in [-0.25, -0.2) is 0 Å². The number of thiophene rings is 1. The monoisotopic (exact) mass is 363 g/mol. The minimum atomic E-state index is -4.13. The number of halogens is 2. The lowest BCUT2D eigenvalue weighted by molar-refractivity contribution is -0.442. The molecule has 0 amide bonds. The molecule has 25 heavy (non-hydrogen) atoms. The number of hydrogen-bond acceptors (Lipinski definition) is 4. The second kappa shape index (κ2) is 5.88. The van der Waals surface area contributed by atoms with Crippen molar-refractivity contribution < 1.29 is 27.2 Å². The molecular weight excluding hydrogens is 347 g/mol. The van der Waals surface area contributed by atoms with Crippen LogP contribution in [0.1, 0.15) is 16.0 Å². The van der Waals surface area contributed by atoms with Crippen molar-refractivity contribution in [2.45, 2.75) is 6.42 Å². The maximum absolute atomic E-state index is 14.7. The number of fused-ring (bicyclic) bond motifs is 2. The summed E-state index contributed by atoms with van der Waals surface area (Å²) in [4.78, 5) is 0.682. The van der Waals surface area contributed by atoms with E-state index in [9.17, 15) is 8.63 Å². The van der Waals surface area contributed by atoms with Gasteiger partial charge in [-0.05, 0) is 29.1 Å². The van der Waals surface area contributed by atoms with Gasteiger partial charge in [0.05, 0.1) is 19.1 Å². The van der Waals surface area contributed by atoms with Crippen molar-refractivity contribution in [2.24, 2.45) is 0 Å². The van der Waals surface area contributed by atoms with Crippen molar-refractivity contribution in [1.82, 2.24) is 0 Å². The van der Waals surface area contributed by atoms with Gasteiger partial charge in [0.25, 0.3) is 0 Å². The van der Waals surface area contributed by atoms with Crippen molar-refractivity contribution >= 4 is 29.8 Å². The van der Waals surface area contributed by atoms with E-state index >= 15 is 0 Å². The lowest BCUT2D eigenvalue weighted by Gasteiger charge is -2.33. The molecule has 0 aliphatic carbocycles. The molecule has 0 N–H and O–H groups in total. The van der Waals surface area contributed by atoms with Crippen LogP contribution in [0.4, 0.5) is 8.63 Å². The van der Waals surface area contributed by atoms with Crippen LogP contribution in [0.3, 0.4) is 0 Å². The maximum atomic E-state index is 14.7. The van der Waals surface area contributed by atoms with Crippen LogP contribution >= 0.6 is 11.3 Å². The van der Waals surface area contributed by atoms with E-state index in [0.29, 0.717) is 28.5 Å². The van der Waals surface area contributed by atoms with Gasteiger partial charge in [-0.2, -0.15) is 0 Å². The molecule has 0 saturated carbocycles. The van der Waals surface area contributed by atoms with Crippen LogP contribution in [0.25, 0.3) is 5.76 Å². The molecule has 2 aliphatic rings. The van der Waals surface area contributed by atoms with E-state index < -0.39 is 7.04 Å². The number of benzene rings is 1. The van der Waals surface area contributed by atoms with Crippen LogP contribution in [0.15, 0.2) is 35.7 Å². The highest BCUT2D eigenvalue weighted by molar-refractivity contribution is 7.11. The number of hydrogen-bond donors (Lipinski definition) is 0. The molecule has 0 radical (unpaired) electrons. The molecule has 4 rings (SSSR count). The second-order valence-electron chi connectivity index (χ2n) is 5.86. The summed E-state index contributed by atoms with van der Waals surface area (Å²) < 4.78 is 46.1. The number of nitrogens with zero attached hydrogens (tertiary/aromatic N) is 1. The topological polar surface area (TPSA) is 30.7 Å². The third-order valence-corrected chi connectivity index (χ3v) is 5.36. The fourth-order valence-electron chi connectivity index (χ4n) is 3.28. The predicted molar refractivity (Wildman–Crippen MR) is 93.8 cm³/mol. The summed E-state index contributed by atoms with van der Waals surface area (Å²) >= 11 is 1.37. The number of methoxy groups -OCH3 is 2. The highest BCUT2D eigenvalue weighted by Gasteiger charge is 2.52. The summed E-state index contributed by atoms with van der Waals surface area (Å²) in [6, 6.07) is 7.21. The summed E-state index contributed by atoms with van der Waals surface area (Å²) in [5, 5.41) is 1.84. The van der Waals surface area contributed by atoms with E-state index in [-0.39, 0.29) is 12.3 Å². The van der Waals surface area contributed by atoms with Crippen molar-refractivity contribution in [2.75, 3.05) is 20.8 Å². The molecule has 1 aromatic carbocycles. The van der Waals surface area contributed by atoms with Gasteiger partial charge in [-0.15, -0.1) is 11.3 Å². The molecule has 130 valence electrons. The van der Waals surface area contributed by atoms with Gasteiger partial charge >= 0.3 is 7.04 Å². The molecule has 0 unspecified atom stereocenters. The highest BCUT2D eigenvalue weighted by Crippen LogP contribution is 2.37. The Labute approximate surface area is 148 Å². The molecule has 0 saturated heterocycles. The Morgan fingerprint density at radius 2 is 1.96 bits per heavy atom. The van der Waals surface area contributed by atoms with Crippen LogP contribution in [0.5, 0.6) is 11.5 Å². The van der Waals surface area contributed by atoms with Gasteiger partial charge in [0.2, 0.25) is 0 Å². The maximum Gasteiger partial charge on any atom is 0.828 e. The Bertz CT molecular complexity index is 894. The van der Waals surface area contributed by atoms with Crippen molar-refractivity contribution in [1.29, 1.82) is 0 Å². The summed E-state index contributed by atoms with van der Waals surface area (Å²) in [7, 11) is -1.03. The van der Waals surface area contributed by atoms with E-state index in [0.717, 1.165) is 15.6 Å². The van der Waals surface area contributed by atoms with Gasteiger partial charge in [0.15, 0.2) is 17.2 Å². The average Bonchev–Trinajstić information content (AvgIpc) is 3.14. The van der Waals surface area contributed by atoms with Crippen LogP contribution < -0.4 is 9.47 Å². The third kappa shape index (κ3) is 2.61. The van der Waals surface area contributed by atoms with Gasteiger partial charge in [0.1, 0.15) is 12.3 Å². The molecule has 8 heteroatoms. The minimum absolute atomic E-state index is 0.193.